The van der Waals surface area contributed by atoms with E-state index in [2.05, 4.69) is 4.98 Å². The van der Waals surface area contributed by atoms with Gasteiger partial charge >= 0.3 is 5.97 Å². The van der Waals surface area contributed by atoms with Gasteiger partial charge in [-0.2, -0.15) is 0 Å². The van der Waals surface area contributed by atoms with Crippen LogP contribution >= 0.6 is 0 Å². The Kier molecular flexibility index (Phi) is 5.70. The number of ether oxygens (including phenoxy) is 1. The third-order valence-corrected chi connectivity index (χ3v) is 3.49. The van der Waals surface area contributed by atoms with Crippen molar-refractivity contribution in [1.82, 2.24) is 9.55 Å². The van der Waals surface area contributed by atoms with E-state index in [9.17, 15) is 14.3 Å². The van der Waals surface area contributed by atoms with Crippen molar-refractivity contribution in [3.63, 3.8) is 0 Å². The molecule has 124 valence electrons. The molecule has 1 aromatic heterocycles. The molecule has 0 radical (unpaired) electrons. The van der Waals surface area contributed by atoms with Gasteiger partial charge in [0.15, 0.2) is 0 Å². The fourth-order valence-corrected chi connectivity index (χ4v) is 2.34. The highest BCUT2D eigenvalue weighted by molar-refractivity contribution is 5.88. The Morgan fingerprint density at radius 2 is 2.13 bits per heavy atom. The van der Waals surface area contributed by atoms with Gasteiger partial charge in [0.2, 0.25) is 0 Å². The number of rotatable bonds is 7. The second-order valence-electron chi connectivity index (χ2n) is 5.06. The van der Waals surface area contributed by atoms with Crippen LogP contribution in [-0.4, -0.2) is 39.5 Å². The van der Waals surface area contributed by atoms with Crippen LogP contribution in [0.4, 0.5) is 4.39 Å². The Labute approximate surface area is 133 Å². The van der Waals surface area contributed by atoms with Gasteiger partial charge in [0.05, 0.1) is 18.9 Å². The number of carbonyl (C=O) groups excluding carboxylic acids is 1. The molecule has 0 spiro atoms. The summed E-state index contributed by atoms with van der Waals surface area (Å²) < 4.78 is 19.5. The summed E-state index contributed by atoms with van der Waals surface area (Å²) in [5.74, 6) is -0.969. The molecule has 0 saturated carbocycles. The lowest BCUT2D eigenvalue weighted by molar-refractivity contribution is 0.0588. The number of aromatic hydroxyl groups is 1. The molecule has 1 aromatic carbocycles. The Bertz CT molecular complexity index is 685. The van der Waals surface area contributed by atoms with Crippen LogP contribution in [0.2, 0.25) is 0 Å². The standard InChI is InChI=1S/C16H19FN2O4/c1-23-16(22)13-10-18-15(19(13)7-3-2-4-8-20)12-6-5-11(17)9-14(12)21/h5-6,9-10,20-21H,2-4,7-8H2,1H3. The number of hydrogen-bond donors (Lipinski definition) is 2. The molecule has 0 bridgehead atoms. The summed E-state index contributed by atoms with van der Waals surface area (Å²) in [5.41, 5.74) is 0.596. The summed E-state index contributed by atoms with van der Waals surface area (Å²) in [6.45, 7) is 0.579. The van der Waals surface area contributed by atoms with E-state index in [1.165, 1.54) is 25.4 Å². The molecule has 0 aliphatic rings. The maximum Gasteiger partial charge on any atom is 0.356 e. The van der Waals surface area contributed by atoms with Crippen LogP contribution in [0.5, 0.6) is 5.75 Å². The first-order chi connectivity index (χ1) is 11.1. The van der Waals surface area contributed by atoms with Gasteiger partial charge in [-0.15, -0.1) is 0 Å². The third kappa shape index (κ3) is 3.87. The van der Waals surface area contributed by atoms with Gasteiger partial charge in [-0.05, 0) is 31.4 Å². The summed E-state index contributed by atoms with van der Waals surface area (Å²) in [6, 6.07) is 3.63. The molecule has 0 amide bonds. The van der Waals surface area contributed by atoms with Crippen LogP contribution in [0.1, 0.15) is 29.8 Å². The van der Waals surface area contributed by atoms with Crippen molar-refractivity contribution >= 4 is 5.97 Å². The van der Waals surface area contributed by atoms with Crippen molar-refractivity contribution in [3.05, 3.63) is 35.9 Å². The monoisotopic (exact) mass is 322 g/mol. The quantitative estimate of drug-likeness (QED) is 0.604. The molecule has 0 atom stereocenters. The predicted octanol–water partition coefficient (Wildman–Crippen LogP) is 2.34. The maximum atomic E-state index is 13.2. The smallest absolute Gasteiger partial charge is 0.356 e. The zero-order valence-corrected chi connectivity index (χ0v) is 12.8. The van der Waals surface area contributed by atoms with Gasteiger partial charge < -0.3 is 19.5 Å². The Balaban J connectivity index is 2.38. The van der Waals surface area contributed by atoms with Crippen LogP contribution in [0.3, 0.4) is 0 Å². The molecule has 2 aromatic rings. The van der Waals surface area contributed by atoms with E-state index < -0.39 is 11.8 Å². The minimum atomic E-state index is -0.555. The fraction of sp³-hybridized carbons (Fsp3) is 0.375. The van der Waals surface area contributed by atoms with Crippen molar-refractivity contribution in [1.29, 1.82) is 0 Å². The molecule has 0 unspecified atom stereocenters. The van der Waals surface area contributed by atoms with Crippen LogP contribution in [0.25, 0.3) is 11.4 Å². The number of aliphatic hydroxyl groups is 1. The highest BCUT2D eigenvalue weighted by Crippen LogP contribution is 2.30. The summed E-state index contributed by atoms with van der Waals surface area (Å²) in [6.07, 6.45) is 3.54. The number of phenols is 1. The highest BCUT2D eigenvalue weighted by atomic mass is 19.1. The van der Waals surface area contributed by atoms with E-state index in [1.807, 2.05) is 0 Å². The zero-order valence-electron chi connectivity index (χ0n) is 12.8. The fourth-order valence-electron chi connectivity index (χ4n) is 2.34. The van der Waals surface area contributed by atoms with Gasteiger partial charge in [-0.1, -0.05) is 0 Å². The lowest BCUT2D eigenvalue weighted by Gasteiger charge is -2.12. The Hall–Kier alpha value is -2.41. The minimum absolute atomic E-state index is 0.111. The van der Waals surface area contributed by atoms with E-state index in [4.69, 9.17) is 9.84 Å². The number of unbranched alkanes of at least 4 members (excludes halogenated alkanes) is 2. The van der Waals surface area contributed by atoms with Crippen molar-refractivity contribution in [3.8, 4) is 17.1 Å². The predicted molar refractivity (Wildman–Crippen MR) is 81.6 cm³/mol. The summed E-state index contributed by atoms with van der Waals surface area (Å²) in [4.78, 5) is 16.0. The number of phenolic OH excluding ortho intramolecular Hbond substituents is 1. The van der Waals surface area contributed by atoms with E-state index in [1.54, 1.807) is 4.57 Å². The first-order valence-electron chi connectivity index (χ1n) is 7.32. The molecule has 0 fully saturated rings. The van der Waals surface area contributed by atoms with Gasteiger partial charge in [0.1, 0.15) is 23.1 Å². The van der Waals surface area contributed by atoms with Crippen LogP contribution in [0.15, 0.2) is 24.4 Å². The van der Waals surface area contributed by atoms with Gasteiger partial charge in [0, 0.05) is 19.2 Å². The van der Waals surface area contributed by atoms with Crippen LogP contribution < -0.4 is 0 Å². The lowest BCUT2D eigenvalue weighted by atomic mass is 10.1. The maximum absolute atomic E-state index is 13.2. The molecular weight excluding hydrogens is 303 g/mol. The normalized spacial score (nSPS) is 10.7. The molecule has 0 aliphatic carbocycles. The van der Waals surface area contributed by atoms with E-state index >= 15 is 0 Å². The lowest BCUT2D eigenvalue weighted by Crippen LogP contribution is -2.12. The van der Waals surface area contributed by atoms with E-state index in [0.29, 0.717) is 24.4 Å². The highest BCUT2D eigenvalue weighted by Gasteiger charge is 2.19. The number of hydrogen-bond acceptors (Lipinski definition) is 5. The second-order valence-corrected chi connectivity index (χ2v) is 5.06. The third-order valence-electron chi connectivity index (χ3n) is 3.49. The van der Waals surface area contributed by atoms with E-state index in [0.717, 1.165) is 18.9 Å². The number of nitrogens with zero attached hydrogens (tertiary/aromatic N) is 2. The average molecular weight is 322 g/mol. The second kappa shape index (κ2) is 7.73. The molecule has 1 heterocycles. The summed E-state index contributed by atoms with van der Waals surface area (Å²) in [7, 11) is 1.28. The van der Waals surface area contributed by atoms with Crippen molar-refractivity contribution in [2.45, 2.75) is 25.8 Å². The molecule has 0 saturated heterocycles. The molecular formula is C16H19FN2O4. The average Bonchev–Trinajstić information content (AvgIpc) is 2.94. The van der Waals surface area contributed by atoms with Crippen LogP contribution in [-0.2, 0) is 11.3 Å². The molecule has 7 heteroatoms. The Morgan fingerprint density at radius 1 is 1.35 bits per heavy atom. The largest absolute Gasteiger partial charge is 0.507 e. The van der Waals surface area contributed by atoms with Gasteiger partial charge in [-0.25, -0.2) is 14.2 Å². The first-order valence-corrected chi connectivity index (χ1v) is 7.32. The number of imidazole rings is 1. The number of halogens is 1. The topological polar surface area (TPSA) is 84.6 Å². The minimum Gasteiger partial charge on any atom is -0.507 e. The first kappa shape index (κ1) is 17.0. The SMILES string of the molecule is COC(=O)c1cnc(-c2ccc(F)cc2O)n1CCCCCO. The molecule has 2 rings (SSSR count). The molecule has 23 heavy (non-hydrogen) atoms. The number of aliphatic hydroxyl groups excluding tert-OH is 1. The summed E-state index contributed by atoms with van der Waals surface area (Å²) >= 11 is 0. The van der Waals surface area contributed by atoms with Crippen LogP contribution in [0, 0.1) is 5.82 Å². The number of benzene rings is 1. The van der Waals surface area contributed by atoms with Gasteiger partial charge in [0.25, 0.3) is 0 Å². The van der Waals surface area contributed by atoms with Crippen molar-refractivity contribution in [2.24, 2.45) is 0 Å². The zero-order chi connectivity index (χ0) is 16.8. The number of aromatic nitrogens is 2. The molecule has 2 N–H and O–H groups in total. The number of methoxy groups -OCH3 is 1. The molecule has 6 nitrogen and oxygen atoms in total. The molecule has 0 aliphatic heterocycles. The van der Waals surface area contributed by atoms with Gasteiger partial charge in [-0.3, -0.25) is 0 Å². The summed E-state index contributed by atoms with van der Waals surface area (Å²) in [5, 5.41) is 18.8. The van der Waals surface area contributed by atoms with E-state index in [-0.39, 0.29) is 18.1 Å². The number of esters is 1. The van der Waals surface area contributed by atoms with Crippen molar-refractivity contribution in [2.75, 3.05) is 13.7 Å². The van der Waals surface area contributed by atoms with Crippen molar-refractivity contribution < 1.29 is 24.1 Å². The Morgan fingerprint density at radius 3 is 2.78 bits per heavy atom. The number of carbonyl (C=O) groups is 1.